The maximum absolute atomic E-state index is 11.7. The van der Waals surface area contributed by atoms with Gasteiger partial charge in [0.1, 0.15) is 12.0 Å². The molecule has 0 saturated heterocycles. The van der Waals surface area contributed by atoms with Gasteiger partial charge in [0.25, 0.3) is 0 Å². The molecule has 1 aromatic heterocycles. The van der Waals surface area contributed by atoms with Crippen molar-refractivity contribution < 1.29 is 14.3 Å². The van der Waals surface area contributed by atoms with Gasteiger partial charge in [0, 0.05) is 20.7 Å². The molecule has 0 unspecified atom stereocenters. The van der Waals surface area contributed by atoms with Crippen molar-refractivity contribution in [2.24, 2.45) is 0 Å². The second-order valence-electron chi connectivity index (χ2n) is 4.05. The lowest BCUT2D eigenvalue weighted by molar-refractivity contribution is -0.119. The highest BCUT2D eigenvalue weighted by Crippen LogP contribution is 2.26. The van der Waals surface area contributed by atoms with E-state index >= 15 is 0 Å². The highest BCUT2D eigenvalue weighted by atomic mass is 16.5. The van der Waals surface area contributed by atoms with Crippen LogP contribution in [0.5, 0.6) is 5.88 Å². The van der Waals surface area contributed by atoms with Gasteiger partial charge >= 0.3 is 0 Å². The Morgan fingerprint density at radius 2 is 2.25 bits per heavy atom. The molecule has 1 heterocycles. The molecule has 0 fully saturated rings. The van der Waals surface area contributed by atoms with Crippen molar-refractivity contribution in [3.63, 3.8) is 0 Å². The molecule has 0 aliphatic heterocycles. The predicted octanol–water partition coefficient (Wildman–Crippen LogP) is -0.344. The number of nitrogens with one attached hydrogen (secondary N) is 1. The van der Waals surface area contributed by atoms with Crippen molar-refractivity contribution in [1.29, 1.82) is 0 Å². The quantitative estimate of drug-likeness (QED) is 0.629. The Morgan fingerprint density at radius 1 is 1.50 bits per heavy atom. The number of anilines is 2. The normalized spacial score (nSPS) is 10.2. The van der Waals surface area contributed by atoms with Gasteiger partial charge in [-0.05, 0) is 6.92 Å². The minimum atomic E-state index is -0.138. The van der Waals surface area contributed by atoms with Crippen LogP contribution in [0.4, 0.5) is 11.5 Å². The van der Waals surface area contributed by atoms with Crippen LogP contribution in [0.25, 0.3) is 0 Å². The number of hydrogen-bond donors (Lipinski definition) is 2. The number of carbonyl (C=O) groups excluding carboxylic acids is 1. The van der Waals surface area contributed by atoms with Crippen LogP contribution in [0, 0.1) is 0 Å². The molecule has 112 valence electrons. The summed E-state index contributed by atoms with van der Waals surface area (Å²) in [5, 5.41) is 2.72. The summed E-state index contributed by atoms with van der Waals surface area (Å²) >= 11 is 0. The molecule has 1 rings (SSSR count). The number of methoxy groups -OCH3 is 1. The smallest absolute Gasteiger partial charge is 0.242 e. The van der Waals surface area contributed by atoms with Crippen molar-refractivity contribution in [3.8, 4) is 5.88 Å². The van der Waals surface area contributed by atoms with Crippen LogP contribution < -0.4 is 20.7 Å². The van der Waals surface area contributed by atoms with E-state index in [0.717, 1.165) is 0 Å². The molecule has 0 aromatic carbocycles. The second-order valence-corrected chi connectivity index (χ2v) is 4.05. The number of nitrogen functional groups attached to an aromatic ring is 1. The molecule has 0 bridgehead atoms. The average molecular weight is 283 g/mol. The van der Waals surface area contributed by atoms with E-state index in [0.29, 0.717) is 37.1 Å². The van der Waals surface area contributed by atoms with Crippen LogP contribution in [0.1, 0.15) is 6.92 Å². The van der Waals surface area contributed by atoms with E-state index in [4.69, 9.17) is 15.2 Å². The zero-order valence-electron chi connectivity index (χ0n) is 12.0. The average Bonchev–Trinajstić information content (AvgIpc) is 2.41. The van der Waals surface area contributed by atoms with E-state index in [1.807, 2.05) is 6.92 Å². The van der Waals surface area contributed by atoms with Crippen molar-refractivity contribution in [2.45, 2.75) is 6.92 Å². The summed E-state index contributed by atoms with van der Waals surface area (Å²) in [5.74, 6) is 0.648. The van der Waals surface area contributed by atoms with E-state index in [9.17, 15) is 4.79 Å². The molecule has 0 saturated carbocycles. The number of carbonyl (C=O) groups is 1. The van der Waals surface area contributed by atoms with Gasteiger partial charge in [-0.3, -0.25) is 4.79 Å². The van der Waals surface area contributed by atoms with Crippen molar-refractivity contribution in [2.75, 3.05) is 51.1 Å². The lowest BCUT2D eigenvalue weighted by Crippen LogP contribution is -2.37. The van der Waals surface area contributed by atoms with Gasteiger partial charge in [0.15, 0.2) is 5.82 Å². The summed E-state index contributed by atoms with van der Waals surface area (Å²) in [5.41, 5.74) is 6.25. The Labute approximate surface area is 118 Å². The molecule has 8 nitrogen and oxygen atoms in total. The lowest BCUT2D eigenvalue weighted by Gasteiger charge is -2.19. The molecular weight excluding hydrogens is 262 g/mol. The number of nitrogens with zero attached hydrogens (tertiary/aromatic N) is 3. The Hall–Kier alpha value is -2.09. The van der Waals surface area contributed by atoms with Crippen LogP contribution >= 0.6 is 0 Å². The Morgan fingerprint density at radius 3 is 2.90 bits per heavy atom. The fraction of sp³-hybridized carbons (Fsp3) is 0.583. The molecule has 1 aromatic rings. The maximum Gasteiger partial charge on any atom is 0.242 e. The highest BCUT2D eigenvalue weighted by Gasteiger charge is 2.15. The molecule has 1 amide bonds. The van der Waals surface area contributed by atoms with Gasteiger partial charge in [-0.2, -0.15) is 4.98 Å². The van der Waals surface area contributed by atoms with Gasteiger partial charge in [-0.15, -0.1) is 0 Å². The molecule has 0 atom stereocenters. The number of nitrogens with two attached hydrogens (primary N) is 1. The Kier molecular flexibility index (Phi) is 6.51. The van der Waals surface area contributed by atoms with Gasteiger partial charge in [0.2, 0.25) is 11.8 Å². The third-order valence-electron chi connectivity index (χ3n) is 2.48. The third-order valence-corrected chi connectivity index (χ3v) is 2.48. The van der Waals surface area contributed by atoms with Crippen LogP contribution in [0.3, 0.4) is 0 Å². The standard InChI is InChI=1S/C12H21N5O3/c1-4-20-12-10(13)11(15-8-16-12)17(2)7-9(18)14-5-6-19-3/h8H,4-7,13H2,1-3H3,(H,14,18). The van der Waals surface area contributed by atoms with E-state index in [2.05, 4.69) is 15.3 Å². The van der Waals surface area contributed by atoms with Crippen LogP contribution in [-0.2, 0) is 9.53 Å². The first-order chi connectivity index (χ1) is 9.60. The number of likely N-dealkylation sites (N-methyl/N-ethyl adjacent to an activating group) is 1. The summed E-state index contributed by atoms with van der Waals surface area (Å²) in [6.07, 6.45) is 1.36. The molecule has 3 N–H and O–H groups in total. The number of amides is 1. The first-order valence-corrected chi connectivity index (χ1v) is 6.30. The number of rotatable bonds is 8. The Bertz CT molecular complexity index is 441. The number of ether oxygens (including phenoxy) is 2. The lowest BCUT2D eigenvalue weighted by atomic mass is 10.4. The monoisotopic (exact) mass is 283 g/mol. The maximum atomic E-state index is 11.7. The summed E-state index contributed by atoms with van der Waals surface area (Å²) in [6.45, 7) is 3.37. The summed E-state index contributed by atoms with van der Waals surface area (Å²) < 4.78 is 10.2. The van der Waals surface area contributed by atoms with Gasteiger partial charge in [-0.1, -0.05) is 0 Å². The first kappa shape index (κ1) is 16.0. The molecule has 0 aliphatic carbocycles. The second kappa shape index (κ2) is 8.16. The van der Waals surface area contributed by atoms with Crippen molar-refractivity contribution in [1.82, 2.24) is 15.3 Å². The SMILES string of the molecule is CCOc1ncnc(N(C)CC(=O)NCCOC)c1N. The fourth-order valence-corrected chi connectivity index (χ4v) is 1.57. The van der Waals surface area contributed by atoms with E-state index < -0.39 is 0 Å². The van der Waals surface area contributed by atoms with Crippen LogP contribution in [0.15, 0.2) is 6.33 Å². The molecular formula is C12H21N5O3. The minimum Gasteiger partial charge on any atom is -0.476 e. The summed E-state index contributed by atoms with van der Waals surface area (Å²) in [7, 11) is 3.31. The predicted molar refractivity (Wildman–Crippen MR) is 75.8 cm³/mol. The van der Waals surface area contributed by atoms with Crippen LogP contribution in [0.2, 0.25) is 0 Å². The van der Waals surface area contributed by atoms with Crippen LogP contribution in [-0.4, -0.2) is 56.3 Å². The number of hydrogen-bond acceptors (Lipinski definition) is 7. The highest BCUT2D eigenvalue weighted by molar-refractivity contribution is 5.82. The van der Waals surface area contributed by atoms with Gasteiger partial charge in [0.05, 0.1) is 19.8 Å². The molecule has 0 radical (unpaired) electrons. The topological polar surface area (TPSA) is 103 Å². The van der Waals surface area contributed by atoms with Gasteiger partial charge in [-0.25, -0.2) is 4.98 Å². The largest absolute Gasteiger partial charge is 0.476 e. The van der Waals surface area contributed by atoms with Crippen molar-refractivity contribution in [3.05, 3.63) is 6.33 Å². The molecule has 0 aliphatic rings. The third kappa shape index (κ3) is 4.54. The molecule has 8 heteroatoms. The first-order valence-electron chi connectivity index (χ1n) is 6.30. The van der Waals surface area contributed by atoms with E-state index in [1.165, 1.54) is 6.33 Å². The Balaban J connectivity index is 2.65. The molecule has 20 heavy (non-hydrogen) atoms. The zero-order chi connectivity index (χ0) is 15.0. The van der Waals surface area contributed by atoms with E-state index in [-0.39, 0.29) is 12.5 Å². The van der Waals surface area contributed by atoms with Gasteiger partial charge < -0.3 is 25.4 Å². The summed E-state index contributed by atoms with van der Waals surface area (Å²) in [4.78, 5) is 21.4. The number of aromatic nitrogens is 2. The fourth-order valence-electron chi connectivity index (χ4n) is 1.57. The van der Waals surface area contributed by atoms with E-state index in [1.54, 1.807) is 19.1 Å². The van der Waals surface area contributed by atoms with Crippen molar-refractivity contribution >= 4 is 17.4 Å². The minimum absolute atomic E-state index is 0.135. The molecule has 0 spiro atoms. The zero-order valence-corrected chi connectivity index (χ0v) is 12.0. The summed E-state index contributed by atoms with van der Waals surface area (Å²) in [6, 6.07) is 0.